The second-order valence-electron chi connectivity index (χ2n) is 7.70. The lowest BCUT2D eigenvalue weighted by atomic mass is 9.69. The van der Waals surface area contributed by atoms with Crippen LogP contribution in [0.2, 0.25) is 0 Å². The van der Waals surface area contributed by atoms with Gasteiger partial charge in [-0.15, -0.1) is 0 Å². The summed E-state index contributed by atoms with van der Waals surface area (Å²) >= 11 is 0. The zero-order valence-electron chi connectivity index (χ0n) is 14.4. The highest BCUT2D eigenvalue weighted by molar-refractivity contribution is 5.22. The molecule has 3 rings (SSSR count). The van der Waals surface area contributed by atoms with Gasteiger partial charge in [-0.3, -0.25) is 0 Å². The van der Waals surface area contributed by atoms with E-state index in [9.17, 15) is 5.11 Å². The molecular formula is C19H29NO2. The van der Waals surface area contributed by atoms with E-state index in [0.29, 0.717) is 5.92 Å². The van der Waals surface area contributed by atoms with Crippen LogP contribution in [0.5, 0.6) is 0 Å². The standard InChI is InChI=1S/C19H29NO2/c1-6-19-12-13(2)18(4,5)17(21)20(19)14(3)16(22-19)15-10-8-7-9-11-15/h7-11,13-14,16-17,21H,6,12H2,1-5H3/t13-,14-,16-,17?,19+/m0/s1. The van der Waals surface area contributed by atoms with Crippen LogP contribution in [-0.2, 0) is 4.74 Å². The zero-order chi connectivity index (χ0) is 16.1. The highest BCUT2D eigenvalue weighted by Crippen LogP contribution is 2.55. The molecule has 5 atom stereocenters. The van der Waals surface area contributed by atoms with E-state index in [1.54, 1.807) is 0 Å². The first kappa shape index (κ1) is 16.0. The molecule has 0 aliphatic carbocycles. The van der Waals surface area contributed by atoms with Gasteiger partial charge in [-0.1, -0.05) is 58.0 Å². The average Bonchev–Trinajstić information content (AvgIpc) is 2.80. The van der Waals surface area contributed by atoms with Crippen LogP contribution >= 0.6 is 0 Å². The van der Waals surface area contributed by atoms with E-state index in [1.807, 2.05) is 6.07 Å². The molecule has 1 N–H and O–H groups in total. The number of fused-ring (bicyclic) bond motifs is 1. The van der Waals surface area contributed by atoms with Crippen LogP contribution in [0.1, 0.15) is 59.1 Å². The molecule has 2 heterocycles. The molecule has 0 spiro atoms. The Hall–Kier alpha value is -0.900. The molecule has 0 radical (unpaired) electrons. The summed E-state index contributed by atoms with van der Waals surface area (Å²) in [5, 5.41) is 11.1. The maximum Gasteiger partial charge on any atom is 0.124 e. The Labute approximate surface area is 134 Å². The molecule has 3 heteroatoms. The zero-order valence-corrected chi connectivity index (χ0v) is 14.4. The first-order valence-electron chi connectivity index (χ1n) is 8.53. The molecule has 2 aliphatic heterocycles. The maximum absolute atomic E-state index is 11.1. The van der Waals surface area contributed by atoms with Crippen LogP contribution in [0.15, 0.2) is 30.3 Å². The predicted molar refractivity (Wildman–Crippen MR) is 88.2 cm³/mol. The van der Waals surface area contributed by atoms with Crippen LogP contribution in [0, 0.1) is 11.3 Å². The molecular weight excluding hydrogens is 274 g/mol. The molecule has 1 unspecified atom stereocenters. The van der Waals surface area contributed by atoms with E-state index < -0.39 is 6.23 Å². The van der Waals surface area contributed by atoms with Crippen molar-refractivity contribution in [3.05, 3.63) is 35.9 Å². The van der Waals surface area contributed by atoms with E-state index in [2.05, 4.69) is 63.8 Å². The van der Waals surface area contributed by atoms with Crippen LogP contribution < -0.4 is 0 Å². The Morgan fingerprint density at radius 1 is 1.23 bits per heavy atom. The van der Waals surface area contributed by atoms with Gasteiger partial charge in [0.25, 0.3) is 0 Å². The fourth-order valence-corrected chi connectivity index (χ4v) is 4.27. The van der Waals surface area contributed by atoms with E-state index >= 15 is 0 Å². The molecule has 2 aliphatic rings. The van der Waals surface area contributed by atoms with Gasteiger partial charge in [0, 0.05) is 11.5 Å². The largest absolute Gasteiger partial charge is 0.378 e. The summed E-state index contributed by atoms with van der Waals surface area (Å²) in [6, 6.07) is 10.6. The third-order valence-electron chi connectivity index (χ3n) is 6.20. The van der Waals surface area contributed by atoms with Crippen molar-refractivity contribution in [2.45, 2.75) is 71.6 Å². The Morgan fingerprint density at radius 3 is 2.45 bits per heavy atom. The second kappa shape index (κ2) is 5.33. The van der Waals surface area contributed by atoms with Gasteiger partial charge in [0.2, 0.25) is 0 Å². The fourth-order valence-electron chi connectivity index (χ4n) is 4.27. The summed E-state index contributed by atoms with van der Waals surface area (Å²) in [7, 11) is 0. The number of piperidine rings is 1. The third-order valence-corrected chi connectivity index (χ3v) is 6.20. The number of rotatable bonds is 2. The lowest BCUT2D eigenvalue weighted by molar-refractivity contribution is -0.243. The normalized spacial score (nSPS) is 41.4. The third kappa shape index (κ3) is 2.14. The lowest BCUT2D eigenvalue weighted by Gasteiger charge is -2.55. The summed E-state index contributed by atoms with van der Waals surface area (Å²) in [4.78, 5) is 2.24. The van der Waals surface area contributed by atoms with Crippen molar-refractivity contribution in [1.82, 2.24) is 4.90 Å². The van der Waals surface area contributed by atoms with Gasteiger partial charge in [0.05, 0.1) is 0 Å². The minimum Gasteiger partial charge on any atom is -0.378 e. The first-order chi connectivity index (χ1) is 10.3. The van der Waals surface area contributed by atoms with Crippen molar-refractivity contribution in [2.75, 3.05) is 0 Å². The van der Waals surface area contributed by atoms with Crippen LogP contribution in [0.25, 0.3) is 0 Å². The summed E-state index contributed by atoms with van der Waals surface area (Å²) in [6.07, 6.45) is 1.43. The number of hydrogen-bond donors (Lipinski definition) is 1. The molecule has 2 fully saturated rings. The Morgan fingerprint density at radius 2 is 1.86 bits per heavy atom. The topological polar surface area (TPSA) is 32.7 Å². The van der Waals surface area contributed by atoms with Gasteiger partial charge in [-0.2, -0.15) is 0 Å². The Bertz CT molecular complexity index is 529. The quantitative estimate of drug-likeness (QED) is 0.898. The molecule has 122 valence electrons. The van der Waals surface area contributed by atoms with E-state index in [-0.39, 0.29) is 23.3 Å². The molecule has 0 saturated carbocycles. The molecule has 0 aromatic heterocycles. The van der Waals surface area contributed by atoms with E-state index in [4.69, 9.17) is 4.74 Å². The molecule has 0 bridgehead atoms. The number of hydrogen-bond acceptors (Lipinski definition) is 3. The van der Waals surface area contributed by atoms with Gasteiger partial charge < -0.3 is 9.84 Å². The first-order valence-corrected chi connectivity index (χ1v) is 8.53. The number of benzene rings is 1. The van der Waals surface area contributed by atoms with Crippen LogP contribution in [-0.4, -0.2) is 28.0 Å². The van der Waals surface area contributed by atoms with Crippen molar-refractivity contribution in [2.24, 2.45) is 11.3 Å². The fraction of sp³-hybridized carbons (Fsp3) is 0.684. The molecule has 3 nitrogen and oxygen atoms in total. The van der Waals surface area contributed by atoms with Crippen molar-refractivity contribution in [1.29, 1.82) is 0 Å². The molecule has 2 saturated heterocycles. The predicted octanol–water partition coefficient (Wildman–Crippen LogP) is 3.94. The highest BCUT2D eigenvalue weighted by Gasteiger charge is 2.60. The molecule has 1 aromatic carbocycles. The summed E-state index contributed by atoms with van der Waals surface area (Å²) in [6.45, 7) is 10.9. The second-order valence-corrected chi connectivity index (χ2v) is 7.70. The molecule has 0 amide bonds. The summed E-state index contributed by atoms with van der Waals surface area (Å²) < 4.78 is 6.60. The smallest absolute Gasteiger partial charge is 0.124 e. The van der Waals surface area contributed by atoms with Gasteiger partial charge >= 0.3 is 0 Å². The van der Waals surface area contributed by atoms with Crippen LogP contribution in [0.3, 0.4) is 0 Å². The van der Waals surface area contributed by atoms with Gasteiger partial charge in [0.1, 0.15) is 18.1 Å². The van der Waals surface area contributed by atoms with Crippen LogP contribution in [0.4, 0.5) is 0 Å². The SMILES string of the molecule is CC[C@@]12C[C@H](C)C(C)(C)C(O)N1[C@@H](C)[C@@H](c1ccccc1)O2. The van der Waals surface area contributed by atoms with Crippen molar-refractivity contribution in [3.8, 4) is 0 Å². The Kier molecular flexibility index (Phi) is 3.87. The molecule has 22 heavy (non-hydrogen) atoms. The Balaban J connectivity index is 2.01. The highest BCUT2D eigenvalue weighted by atomic mass is 16.5. The van der Waals surface area contributed by atoms with Crippen molar-refractivity contribution < 1.29 is 9.84 Å². The van der Waals surface area contributed by atoms with Gasteiger partial charge in [-0.05, 0) is 31.2 Å². The number of ether oxygens (including phenoxy) is 1. The van der Waals surface area contributed by atoms with Gasteiger partial charge in [0.15, 0.2) is 0 Å². The summed E-state index contributed by atoms with van der Waals surface area (Å²) in [5.41, 5.74) is 0.741. The van der Waals surface area contributed by atoms with E-state index in [0.717, 1.165) is 12.8 Å². The van der Waals surface area contributed by atoms with Crippen molar-refractivity contribution >= 4 is 0 Å². The summed E-state index contributed by atoms with van der Waals surface area (Å²) in [5.74, 6) is 0.417. The monoisotopic (exact) mass is 303 g/mol. The number of nitrogens with zero attached hydrogens (tertiary/aromatic N) is 1. The number of aliphatic hydroxyl groups is 1. The average molecular weight is 303 g/mol. The minimum absolute atomic E-state index is 0.0249. The maximum atomic E-state index is 11.1. The minimum atomic E-state index is -0.472. The van der Waals surface area contributed by atoms with Crippen molar-refractivity contribution in [3.63, 3.8) is 0 Å². The number of aliphatic hydroxyl groups excluding tert-OH is 1. The van der Waals surface area contributed by atoms with Gasteiger partial charge in [-0.25, -0.2) is 4.90 Å². The lowest BCUT2D eigenvalue weighted by Crippen LogP contribution is -2.63. The van der Waals surface area contributed by atoms with E-state index in [1.165, 1.54) is 5.56 Å². The molecule has 1 aromatic rings.